The van der Waals surface area contributed by atoms with Gasteiger partial charge in [0.15, 0.2) is 0 Å². The molecule has 1 heterocycles. The average molecular weight is 372 g/mol. The van der Waals surface area contributed by atoms with E-state index in [0.29, 0.717) is 17.1 Å². The van der Waals surface area contributed by atoms with Crippen molar-refractivity contribution in [3.8, 4) is 22.1 Å². The third-order valence-electron chi connectivity index (χ3n) is 3.85. The minimum Gasteiger partial charge on any atom is -0.457 e. The highest BCUT2D eigenvalue weighted by Crippen LogP contribution is 2.25. The second-order valence-electron chi connectivity index (χ2n) is 5.80. The van der Waals surface area contributed by atoms with Gasteiger partial charge in [-0.25, -0.2) is 4.98 Å². The van der Waals surface area contributed by atoms with Gasteiger partial charge in [-0.05, 0) is 36.4 Å². The Bertz CT molecular complexity index is 1030. The van der Waals surface area contributed by atoms with Gasteiger partial charge in [-0.2, -0.15) is 0 Å². The van der Waals surface area contributed by atoms with Crippen LogP contribution in [0.2, 0.25) is 0 Å². The second kappa shape index (κ2) is 7.85. The van der Waals surface area contributed by atoms with Gasteiger partial charge in [-0.15, -0.1) is 11.3 Å². The molecule has 0 aliphatic carbocycles. The van der Waals surface area contributed by atoms with Gasteiger partial charge in [-0.3, -0.25) is 4.79 Å². The molecule has 4 rings (SSSR count). The van der Waals surface area contributed by atoms with E-state index in [0.717, 1.165) is 16.3 Å². The first-order valence-corrected chi connectivity index (χ1v) is 9.31. The average Bonchev–Trinajstić information content (AvgIpc) is 3.21. The van der Waals surface area contributed by atoms with Gasteiger partial charge in [0.25, 0.3) is 5.91 Å². The SMILES string of the molecule is O=C(Nc1ccc(Oc2ccccc2)cc1)c1csc(-c2ccccc2)n1. The molecule has 0 aliphatic rings. The standard InChI is InChI=1S/C22H16N2O2S/c25-21(20-15-27-22(24-20)16-7-3-1-4-8-16)23-17-11-13-19(14-12-17)26-18-9-5-2-6-10-18/h1-15H,(H,23,25). The number of carbonyl (C=O) groups is 1. The molecule has 0 spiro atoms. The van der Waals surface area contributed by atoms with Gasteiger partial charge in [0.05, 0.1) is 0 Å². The number of nitrogens with zero attached hydrogens (tertiary/aromatic N) is 1. The minimum atomic E-state index is -0.231. The largest absolute Gasteiger partial charge is 0.457 e. The molecule has 0 fully saturated rings. The van der Waals surface area contributed by atoms with Crippen LogP contribution in [-0.4, -0.2) is 10.9 Å². The van der Waals surface area contributed by atoms with E-state index in [1.54, 1.807) is 17.5 Å². The Labute approximate surface area is 161 Å². The van der Waals surface area contributed by atoms with E-state index in [9.17, 15) is 4.79 Å². The molecular formula is C22H16N2O2S. The predicted molar refractivity (Wildman–Crippen MR) is 108 cm³/mol. The molecule has 0 atom stereocenters. The van der Waals surface area contributed by atoms with Crippen molar-refractivity contribution in [1.29, 1.82) is 0 Å². The molecule has 4 aromatic rings. The maximum Gasteiger partial charge on any atom is 0.275 e. The van der Waals surface area contributed by atoms with Crippen LogP contribution in [0.15, 0.2) is 90.3 Å². The molecule has 132 valence electrons. The first-order chi connectivity index (χ1) is 13.3. The van der Waals surface area contributed by atoms with Crippen LogP contribution in [0.1, 0.15) is 10.5 Å². The molecule has 5 heteroatoms. The molecule has 1 amide bonds. The van der Waals surface area contributed by atoms with Crippen molar-refractivity contribution in [2.75, 3.05) is 5.32 Å². The smallest absolute Gasteiger partial charge is 0.275 e. The monoisotopic (exact) mass is 372 g/mol. The first-order valence-electron chi connectivity index (χ1n) is 8.43. The zero-order valence-corrected chi connectivity index (χ0v) is 15.1. The topological polar surface area (TPSA) is 51.2 Å². The quantitative estimate of drug-likeness (QED) is 0.478. The molecule has 27 heavy (non-hydrogen) atoms. The van der Waals surface area contributed by atoms with Gasteiger partial charge < -0.3 is 10.1 Å². The summed E-state index contributed by atoms with van der Waals surface area (Å²) < 4.78 is 5.75. The van der Waals surface area contributed by atoms with Crippen molar-refractivity contribution in [1.82, 2.24) is 4.98 Å². The van der Waals surface area contributed by atoms with E-state index in [2.05, 4.69) is 10.3 Å². The van der Waals surface area contributed by atoms with E-state index in [4.69, 9.17) is 4.74 Å². The summed E-state index contributed by atoms with van der Waals surface area (Å²) in [7, 11) is 0. The Morgan fingerprint density at radius 3 is 2.15 bits per heavy atom. The van der Waals surface area contributed by atoms with Gasteiger partial charge in [0.2, 0.25) is 0 Å². The van der Waals surface area contributed by atoms with Crippen LogP contribution in [0.25, 0.3) is 10.6 Å². The zero-order valence-electron chi connectivity index (χ0n) is 14.3. The van der Waals surface area contributed by atoms with Crippen molar-refractivity contribution in [2.24, 2.45) is 0 Å². The zero-order chi connectivity index (χ0) is 18.5. The number of thiazole rings is 1. The van der Waals surface area contributed by atoms with Crippen molar-refractivity contribution in [3.05, 3.63) is 96.0 Å². The summed E-state index contributed by atoms with van der Waals surface area (Å²) in [6, 6.07) is 26.6. The van der Waals surface area contributed by atoms with E-state index < -0.39 is 0 Å². The molecule has 0 aliphatic heterocycles. The van der Waals surface area contributed by atoms with Crippen LogP contribution in [0.3, 0.4) is 0 Å². The van der Waals surface area contributed by atoms with Crippen LogP contribution in [0.4, 0.5) is 5.69 Å². The number of carbonyl (C=O) groups excluding carboxylic acids is 1. The van der Waals surface area contributed by atoms with Crippen LogP contribution in [0, 0.1) is 0 Å². The summed E-state index contributed by atoms with van der Waals surface area (Å²) >= 11 is 1.45. The van der Waals surface area contributed by atoms with Gasteiger partial charge in [0, 0.05) is 16.6 Å². The summed E-state index contributed by atoms with van der Waals surface area (Å²) in [5.41, 5.74) is 2.10. The Morgan fingerprint density at radius 2 is 1.44 bits per heavy atom. The summed E-state index contributed by atoms with van der Waals surface area (Å²) in [6.45, 7) is 0. The lowest BCUT2D eigenvalue weighted by atomic mass is 10.2. The number of aromatic nitrogens is 1. The van der Waals surface area contributed by atoms with Crippen molar-refractivity contribution in [2.45, 2.75) is 0 Å². The Kier molecular flexibility index (Phi) is 4.94. The van der Waals surface area contributed by atoms with E-state index >= 15 is 0 Å². The Balaban J connectivity index is 1.42. The van der Waals surface area contributed by atoms with Crippen LogP contribution >= 0.6 is 11.3 Å². The molecule has 0 unspecified atom stereocenters. The highest BCUT2D eigenvalue weighted by atomic mass is 32.1. The fourth-order valence-corrected chi connectivity index (χ4v) is 3.32. The number of anilines is 1. The summed E-state index contributed by atoms with van der Waals surface area (Å²) in [6.07, 6.45) is 0. The number of hydrogen-bond acceptors (Lipinski definition) is 4. The lowest BCUT2D eigenvalue weighted by molar-refractivity contribution is 0.102. The number of rotatable bonds is 5. The number of ether oxygens (including phenoxy) is 1. The fraction of sp³-hybridized carbons (Fsp3) is 0. The van der Waals surface area contributed by atoms with Crippen molar-refractivity contribution in [3.63, 3.8) is 0 Å². The van der Waals surface area contributed by atoms with E-state index in [1.807, 2.05) is 72.8 Å². The molecular weight excluding hydrogens is 356 g/mol. The van der Waals surface area contributed by atoms with Gasteiger partial charge in [-0.1, -0.05) is 48.5 Å². The van der Waals surface area contributed by atoms with Crippen LogP contribution < -0.4 is 10.1 Å². The third kappa shape index (κ3) is 4.22. The highest BCUT2D eigenvalue weighted by molar-refractivity contribution is 7.13. The Morgan fingerprint density at radius 1 is 0.815 bits per heavy atom. The second-order valence-corrected chi connectivity index (χ2v) is 6.66. The first kappa shape index (κ1) is 17.0. The number of amides is 1. The molecule has 0 bridgehead atoms. The predicted octanol–water partition coefficient (Wildman–Crippen LogP) is 5.85. The lowest BCUT2D eigenvalue weighted by Crippen LogP contribution is -2.12. The molecule has 0 saturated carbocycles. The van der Waals surface area contributed by atoms with Crippen molar-refractivity contribution >= 4 is 22.9 Å². The van der Waals surface area contributed by atoms with Crippen LogP contribution in [0.5, 0.6) is 11.5 Å². The normalized spacial score (nSPS) is 10.4. The van der Waals surface area contributed by atoms with Crippen molar-refractivity contribution < 1.29 is 9.53 Å². The molecule has 1 aromatic heterocycles. The minimum absolute atomic E-state index is 0.231. The fourth-order valence-electron chi connectivity index (χ4n) is 2.52. The molecule has 4 nitrogen and oxygen atoms in total. The van der Waals surface area contributed by atoms with E-state index in [-0.39, 0.29) is 5.91 Å². The summed E-state index contributed by atoms with van der Waals surface area (Å²) in [5.74, 6) is 1.24. The number of para-hydroxylation sites is 1. The maximum atomic E-state index is 12.4. The summed E-state index contributed by atoms with van der Waals surface area (Å²) in [5, 5.41) is 5.46. The van der Waals surface area contributed by atoms with Gasteiger partial charge >= 0.3 is 0 Å². The molecule has 1 N–H and O–H groups in total. The molecule has 3 aromatic carbocycles. The Hall–Kier alpha value is -3.44. The highest BCUT2D eigenvalue weighted by Gasteiger charge is 2.12. The lowest BCUT2D eigenvalue weighted by Gasteiger charge is -2.07. The third-order valence-corrected chi connectivity index (χ3v) is 4.74. The summed E-state index contributed by atoms with van der Waals surface area (Å²) in [4.78, 5) is 16.9. The number of benzene rings is 3. The van der Waals surface area contributed by atoms with Crippen LogP contribution in [-0.2, 0) is 0 Å². The maximum absolute atomic E-state index is 12.4. The van der Waals surface area contributed by atoms with E-state index in [1.165, 1.54) is 11.3 Å². The number of nitrogens with one attached hydrogen (secondary N) is 1. The number of hydrogen-bond donors (Lipinski definition) is 1. The molecule has 0 saturated heterocycles. The molecule has 0 radical (unpaired) electrons. The van der Waals surface area contributed by atoms with Gasteiger partial charge in [0.1, 0.15) is 22.2 Å².